The molecule has 0 saturated carbocycles. The van der Waals surface area contributed by atoms with E-state index in [0.717, 1.165) is 29.8 Å². The average Bonchev–Trinajstić information content (AvgIpc) is 2.80. The van der Waals surface area contributed by atoms with Gasteiger partial charge < -0.3 is 19.7 Å². The monoisotopic (exact) mass is 543 g/mol. The van der Waals surface area contributed by atoms with Crippen molar-refractivity contribution in [3.05, 3.63) is 63.1 Å². The van der Waals surface area contributed by atoms with Gasteiger partial charge in [-0.1, -0.05) is 35.3 Å². The lowest BCUT2D eigenvalue weighted by Gasteiger charge is -2.33. The minimum absolute atomic E-state index is 0.0403. The fraction of sp³-hybridized carbons (Fsp3) is 0.458. The second-order valence-corrected chi connectivity index (χ2v) is 11.0. The number of amides is 1. The molecule has 0 radical (unpaired) electrons. The quantitative estimate of drug-likeness (QED) is 0.399. The molecule has 2 N–H and O–H groups in total. The highest BCUT2D eigenvalue weighted by Gasteiger charge is 2.27. The maximum atomic E-state index is 12.7. The van der Waals surface area contributed by atoms with Gasteiger partial charge in [0.15, 0.2) is 0 Å². The van der Waals surface area contributed by atoms with Crippen molar-refractivity contribution in [1.29, 1.82) is 0 Å². The third kappa shape index (κ3) is 8.15. The number of nitrogens with one attached hydrogen (secondary N) is 2. The van der Waals surface area contributed by atoms with E-state index in [4.69, 9.17) is 32.7 Å². The van der Waals surface area contributed by atoms with Crippen molar-refractivity contribution in [3.8, 4) is 0 Å². The molecule has 3 rings (SSSR count). The minimum atomic E-state index is -3.66. The van der Waals surface area contributed by atoms with Crippen molar-refractivity contribution in [2.45, 2.75) is 24.3 Å². The van der Waals surface area contributed by atoms with Crippen molar-refractivity contribution in [2.75, 3.05) is 53.1 Å². The molecule has 0 aromatic heterocycles. The van der Waals surface area contributed by atoms with E-state index in [1.54, 1.807) is 18.2 Å². The predicted molar refractivity (Wildman–Crippen MR) is 137 cm³/mol. The fourth-order valence-electron chi connectivity index (χ4n) is 3.96. The molecule has 0 bridgehead atoms. The Morgan fingerprint density at radius 1 is 1.06 bits per heavy atom. The molecule has 0 spiro atoms. The van der Waals surface area contributed by atoms with E-state index in [-0.39, 0.29) is 29.9 Å². The highest BCUT2D eigenvalue weighted by atomic mass is 35.5. The molecule has 35 heavy (non-hydrogen) atoms. The number of halogens is 2. The van der Waals surface area contributed by atoms with Crippen LogP contribution in [-0.4, -0.2) is 72.3 Å². The average molecular weight is 545 g/mol. The second kappa shape index (κ2) is 13.0. The van der Waals surface area contributed by atoms with Crippen molar-refractivity contribution in [3.63, 3.8) is 0 Å². The van der Waals surface area contributed by atoms with Crippen molar-refractivity contribution < 1.29 is 22.7 Å². The SMILES string of the molecule is CC(=O)NCCOCCOCCNS(=O)(=O)c1ccc(C2CN(C)Cc3c(Cl)cc(Cl)cc32)cc1. The summed E-state index contributed by atoms with van der Waals surface area (Å²) in [6.07, 6.45) is 0. The highest BCUT2D eigenvalue weighted by Crippen LogP contribution is 2.38. The van der Waals surface area contributed by atoms with E-state index in [1.165, 1.54) is 6.92 Å². The van der Waals surface area contributed by atoms with Crippen LogP contribution >= 0.6 is 23.2 Å². The van der Waals surface area contributed by atoms with E-state index in [1.807, 2.05) is 25.2 Å². The van der Waals surface area contributed by atoms with Crippen molar-refractivity contribution in [1.82, 2.24) is 14.9 Å². The second-order valence-electron chi connectivity index (χ2n) is 8.38. The Balaban J connectivity index is 1.50. The molecule has 8 nitrogen and oxygen atoms in total. The number of benzene rings is 2. The molecule has 1 amide bonds. The van der Waals surface area contributed by atoms with Crippen LogP contribution in [0.2, 0.25) is 10.0 Å². The molecule has 0 fully saturated rings. The Bertz CT molecular complexity index is 1110. The Kier molecular flexibility index (Phi) is 10.4. The molecule has 0 aliphatic carbocycles. The number of ether oxygens (including phenoxy) is 2. The topological polar surface area (TPSA) is 97.0 Å². The summed E-state index contributed by atoms with van der Waals surface area (Å²) in [5.74, 6) is -0.0629. The standard InChI is InChI=1S/C24H31Cl2N3O5S/c1-17(30)27-7-9-33-11-12-34-10-8-28-35(31,32)20-5-3-18(4-6-20)22-15-29(2)16-23-21(22)13-19(25)14-24(23)26/h3-6,13-14,22,28H,7-12,15-16H2,1-2H3,(H,27,30). The normalized spacial score (nSPS) is 16.2. The van der Waals surface area contributed by atoms with Gasteiger partial charge in [-0.3, -0.25) is 4.79 Å². The first-order valence-corrected chi connectivity index (χ1v) is 13.6. The van der Waals surface area contributed by atoms with Crippen LogP contribution in [0, 0.1) is 0 Å². The van der Waals surface area contributed by atoms with E-state index in [0.29, 0.717) is 36.4 Å². The van der Waals surface area contributed by atoms with Gasteiger partial charge in [0.1, 0.15) is 0 Å². The number of likely N-dealkylation sites (N-methyl/N-ethyl adjacent to an activating group) is 1. The van der Waals surface area contributed by atoms with E-state index in [2.05, 4.69) is 14.9 Å². The number of fused-ring (bicyclic) bond motifs is 1. The molecule has 11 heteroatoms. The smallest absolute Gasteiger partial charge is 0.240 e. The number of hydrogen-bond donors (Lipinski definition) is 2. The largest absolute Gasteiger partial charge is 0.378 e. The molecule has 1 unspecified atom stereocenters. The lowest BCUT2D eigenvalue weighted by Crippen LogP contribution is -2.31. The maximum absolute atomic E-state index is 12.7. The number of hydrogen-bond acceptors (Lipinski definition) is 6. The van der Waals surface area contributed by atoms with Gasteiger partial charge in [-0.25, -0.2) is 13.1 Å². The Hall–Kier alpha value is -1.72. The van der Waals surface area contributed by atoms with Crippen LogP contribution in [0.15, 0.2) is 41.3 Å². The van der Waals surface area contributed by atoms with Crippen LogP contribution in [0.5, 0.6) is 0 Å². The molecule has 1 aliphatic rings. The zero-order valence-corrected chi connectivity index (χ0v) is 22.2. The van der Waals surface area contributed by atoms with E-state index in [9.17, 15) is 13.2 Å². The third-order valence-corrected chi connectivity index (χ3v) is 7.65. The lowest BCUT2D eigenvalue weighted by atomic mass is 9.85. The number of sulfonamides is 1. The van der Waals surface area contributed by atoms with Gasteiger partial charge in [0, 0.05) is 49.1 Å². The van der Waals surface area contributed by atoms with Crippen LogP contribution in [0.1, 0.15) is 29.5 Å². The summed E-state index contributed by atoms with van der Waals surface area (Å²) in [4.78, 5) is 13.1. The zero-order chi connectivity index (χ0) is 25.4. The van der Waals surface area contributed by atoms with Crippen LogP contribution in [0.25, 0.3) is 0 Å². The molecular weight excluding hydrogens is 513 g/mol. The summed E-state index contributed by atoms with van der Waals surface area (Å²) in [5.41, 5.74) is 3.12. The van der Waals surface area contributed by atoms with Gasteiger partial charge in [0.05, 0.1) is 31.3 Å². The van der Waals surface area contributed by atoms with Gasteiger partial charge >= 0.3 is 0 Å². The summed E-state index contributed by atoms with van der Waals surface area (Å²) >= 11 is 12.7. The summed E-state index contributed by atoms with van der Waals surface area (Å²) in [5, 5.41) is 3.86. The zero-order valence-electron chi connectivity index (χ0n) is 19.9. The third-order valence-electron chi connectivity index (χ3n) is 5.62. The van der Waals surface area contributed by atoms with E-state index < -0.39 is 10.0 Å². The first-order chi connectivity index (χ1) is 16.7. The Labute approximate surface area is 216 Å². The summed E-state index contributed by atoms with van der Waals surface area (Å²) in [7, 11) is -1.63. The predicted octanol–water partition coefficient (Wildman–Crippen LogP) is 3.02. The molecule has 2 aromatic rings. The van der Waals surface area contributed by atoms with Crippen molar-refractivity contribution >= 4 is 39.1 Å². The molecular formula is C24H31Cl2N3O5S. The first-order valence-electron chi connectivity index (χ1n) is 11.3. The lowest BCUT2D eigenvalue weighted by molar-refractivity contribution is -0.119. The van der Waals surface area contributed by atoms with Gasteiger partial charge in [0.2, 0.25) is 15.9 Å². The Morgan fingerprint density at radius 2 is 1.71 bits per heavy atom. The molecule has 0 saturated heterocycles. The summed E-state index contributed by atoms with van der Waals surface area (Å²) in [6.45, 7) is 4.87. The number of carbonyl (C=O) groups excluding carboxylic acids is 1. The van der Waals surface area contributed by atoms with E-state index >= 15 is 0 Å². The van der Waals surface area contributed by atoms with Gasteiger partial charge in [-0.15, -0.1) is 0 Å². The molecule has 2 aromatic carbocycles. The number of nitrogens with zero attached hydrogens (tertiary/aromatic N) is 1. The Morgan fingerprint density at radius 3 is 2.37 bits per heavy atom. The number of rotatable bonds is 12. The maximum Gasteiger partial charge on any atom is 0.240 e. The molecule has 192 valence electrons. The fourth-order valence-corrected chi connectivity index (χ4v) is 5.54. The highest BCUT2D eigenvalue weighted by molar-refractivity contribution is 7.89. The minimum Gasteiger partial charge on any atom is -0.378 e. The summed E-state index contributed by atoms with van der Waals surface area (Å²) in [6, 6.07) is 10.6. The van der Waals surface area contributed by atoms with Crippen LogP contribution in [-0.2, 0) is 30.8 Å². The molecule has 1 heterocycles. The van der Waals surface area contributed by atoms with Gasteiger partial charge in [-0.2, -0.15) is 0 Å². The van der Waals surface area contributed by atoms with Crippen molar-refractivity contribution in [2.24, 2.45) is 0 Å². The first kappa shape index (κ1) is 27.9. The molecule has 1 atom stereocenters. The van der Waals surface area contributed by atoms with Gasteiger partial charge in [0.25, 0.3) is 0 Å². The van der Waals surface area contributed by atoms with Crippen LogP contribution in [0.4, 0.5) is 0 Å². The summed E-state index contributed by atoms with van der Waals surface area (Å²) < 4.78 is 38.6. The van der Waals surface area contributed by atoms with Gasteiger partial charge in [-0.05, 0) is 48.0 Å². The van der Waals surface area contributed by atoms with Crippen LogP contribution in [0.3, 0.4) is 0 Å². The molecule has 1 aliphatic heterocycles. The number of carbonyl (C=O) groups is 1. The van der Waals surface area contributed by atoms with Crippen LogP contribution < -0.4 is 10.0 Å².